The zero-order valence-corrected chi connectivity index (χ0v) is 9.71. The van der Waals surface area contributed by atoms with E-state index in [4.69, 9.17) is 0 Å². The van der Waals surface area contributed by atoms with Crippen LogP contribution in [0.5, 0.6) is 0 Å². The summed E-state index contributed by atoms with van der Waals surface area (Å²) in [6.07, 6.45) is 3.22. The molecule has 1 aromatic heterocycles. The lowest BCUT2D eigenvalue weighted by Crippen LogP contribution is -2.15. The third-order valence-corrected chi connectivity index (χ3v) is 3.13. The van der Waals surface area contributed by atoms with Gasteiger partial charge in [-0.25, -0.2) is 4.68 Å². The molecule has 0 aliphatic heterocycles. The van der Waals surface area contributed by atoms with Gasteiger partial charge in [-0.3, -0.25) is 0 Å². The molecular formula is C8H17N5S. The molecule has 1 rings (SSSR count). The number of nitrogens with one attached hydrogen (secondary N) is 1. The molecule has 0 spiro atoms. The summed E-state index contributed by atoms with van der Waals surface area (Å²) in [4.78, 5) is 0. The maximum atomic E-state index is 3.95. The molecule has 14 heavy (non-hydrogen) atoms. The molecule has 0 saturated heterocycles. The number of aromatic nitrogens is 4. The summed E-state index contributed by atoms with van der Waals surface area (Å²) in [6.45, 7) is 3.83. The molecule has 0 aliphatic carbocycles. The van der Waals surface area contributed by atoms with Crippen LogP contribution in [0.25, 0.3) is 0 Å². The second-order valence-corrected chi connectivity index (χ2v) is 4.46. The Morgan fingerprint density at radius 3 is 3.00 bits per heavy atom. The number of thioether (sulfide) groups is 1. The van der Waals surface area contributed by atoms with Gasteiger partial charge < -0.3 is 5.32 Å². The second-order valence-electron chi connectivity index (χ2n) is 3.18. The van der Waals surface area contributed by atoms with Gasteiger partial charge in [0, 0.05) is 11.8 Å². The van der Waals surface area contributed by atoms with Crippen LogP contribution in [0.4, 0.5) is 0 Å². The Balaban J connectivity index is 2.45. The van der Waals surface area contributed by atoms with Gasteiger partial charge in [0.2, 0.25) is 0 Å². The molecule has 0 saturated carbocycles. The Morgan fingerprint density at radius 1 is 1.57 bits per heavy atom. The Bertz CT molecular complexity index is 262. The van der Waals surface area contributed by atoms with Crippen molar-refractivity contribution in [1.82, 2.24) is 25.5 Å². The number of hydrogen-bond acceptors (Lipinski definition) is 5. The zero-order chi connectivity index (χ0) is 10.4. The normalized spacial score (nSPS) is 13.1. The summed E-state index contributed by atoms with van der Waals surface area (Å²) in [5, 5.41) is 15.2. The van der Waals surface area contributed by atoms with Crippen molar-refractivity contribution < 1.29 is 0 Å². The number of rotatable bonds is 6. The van der Waals surface area contributed by atoms with Gasteiger partial charge in [-0.1, -0.05) is 6.92 Å². The lowest BCUT2D eigenvalue weighted by Gasteiger charge is -2.08. The van der Waals surface area contributed by atoms with E-state index in [9.17, 15) is 0 Å². The largest absolute Gasteiger partial charge is 0.313 e. The van der Waals surface area contributed by atoms with Crippen LogP contribution in [0, 0.1) is 0 Å². The Hall–Kier alpha value is -0.620. The van der Waals surface area contributed by atoms with Crippen molar-refractivity contribution in [2.45, 2.75) is 31.7 Å². The zero-order valence-electron chi connectivity index (χ0n) is 8.90. The minimum Gasteiger partial charge on any atom is -0.313 e. The van der Waals surface area contributed by atoms with Crippen LogP contribution in [-0.2, 0) is 13.1 Å². The van der Waals surface area contributed by atoms with Gasteiger partial charge in [0.1, 0.15) is 0 Å². The lowest BCUT2D eigenvalue weighted by molar-refractivity contribution is 0.529. The average Bonchev–Trinajstić information content (AvgIpc) is 2.62. The van der Waals surface area contributed by atoms with Gasteiger partial charge >= 0.3 is 0 Å². The third kappa shape index (κ3) is 3.26. The molecule has 0 aliphatic rings. The topological polar surface area (TPSA) is 55.6 Å². The lowest BCUT2D eigenvalue weighted by atomic mass is 10.3. The highest BCUT2D eigenvalue weighted by Gasteiger charge is 2.06. The van der Waals surface area contributed by atoms with E-state index in [2.05, 4.69) is 34.0 Å². The van der Waals surface area contributed by atoms with E-state index in [1.165, 1.54) is 0 Å². The van der Waals surface area contributed by atoms with Crippen molar-refractivity contribution >= 4 is 11.8 Å². The third-order valence-electron chi connectivity index (χ3n) is 2.09. The molecule has 0 fully saturated rings. The molecule has 1 heterocycles. The van der Waals surface area contributed by atoms with E-state index in [1.807, 2.05) is 23.5 Å². The first kappa shape index (κ1) is 11.5. The van der Waals surface area contributed by atoms with Gasteiger partial charge in [0.15, 0.2) is 5.82 Å². The summed E-state index contributed by atoms with van der Waals surface area (Å²) in [7, 11) is 1.89. The molecule has 6 heteroatoms. The number of nitrogens with zero attached hydrogens (tertiary/aromatic N) is 4. The fraction of sp³-hybridized carbons (Fsp3) is 0.875. The summed E-state index contributed by atoms with van der Waals surface area (Å²) in [6, 6.07) is 0. The smallest absolute Gasteiger partial charge is 0.165 e. The highest BCUT2D eigenvalue weighted by atomic mass is 32.2. The van der Waals surface area contributed by atoms with E-state index in [1.54, 1.807) is 0 Å². The Labute approximate surface area is 88.6 Å². The first-order valence-electron chi connectivity index (χ1n) is 4.70. The summed E-state index contributed by atoms with van der Waals surface area (Å²) in [5.74, 6) is 0.904. The molecular weight excluding hydrogens is 198 g/mol. The van der Waals surface area contributed by atoms with E-state index < -0.39 is 0 Å². The molecule has 0 amide bonds. The van der Waals surface area contributed by atoms with Crippen molar-refractivity contribution in [2.75, 3.05) is 13.3 Å². The minimum atomic E-state index is 0.654. The van der Waals surface area contributed by atoms with E-state index >= 15 is 0 Å². The van der Waals surface area contributed by atoms with Gasteiger partial charge in [-0.15, -0.1) is 5.10 Å². The van der Waals surface area contributed by atoms with Crippen molar-refractivity contribution in [3.8, 4) is 0 Å². The summed E-state index contributed by atoms with van der Waals surface area (Å²) >= 11 is 1.87. The first-order valence-corrected chi connectivity index (χ1v) is 5.99. The van der Waals surface area contributed by atoms with Crippen molar-refractivity contribution in [2.24, 2.45) is 0 Å². The number of tetrazole rings is 1. The Morgan fingerprint density at radius 2 is 2.36 bits per heavy atom. The predicted octanol–water partition coefficient (Wildman–Crippen LogP) is 0.534. The van der Waals surface area contributed by atoms with Crippen LogP contribution in [0.1, 0.15) is 19.2 Å². The minimum absolute atomic E-state index is 0.654. The molecule has 1 aromatic rings. The summed E-state index contributed by atoms with van der Waals surface area (Å²) in [5.41, 5.74) is 0. The molecule has 0 radical (unpaired) electrons. The van der Waals surface area contributed by atoms with Crippen LogP contribution in [0.15, 0.2) is 0 Å². The molecule has 0 bridgehead atoms. The number of hydrogen-bond donors (Lipinski definition) is 1. The Kier molecular flexibility index (Phi) is 4.89. The molecule has 80 valence electrons. The van der Waals surface area contributed by atoms with E-state index in [-0.39, 0.29) is 0 Å². The van der Waals surface area contributed by atoms with Crippen molar-refractivity contribution in [1.29, 1.82) is 0 Å². The van der Waals surface area contributed by atoms with Gasteiger partial charge in [0.05, 0.1) is 6.54 Å². The van der Waals surface area contributed by atoms with Crippen molar-refractivity contribution in [3.63, 3.8) is 0 Å². The second kappa shape index (κ2) is 5.98. The highest BCUT2D eigenvalue weighted by Crippen LogP contribution is 2.10. The van der Waals surface area contributed by atoms with Crippen LogP contribution in [-0.4, -0.2) is 38.8 Å². The van der Waals surface area contributed by atoms with Gasteiger partial charge in [-0.05, 0) is 30.2 Å². The molecule has 1 atom stereocenters. The molecule has 0 aromatic carbocycles. The van der Waals surface area contributed by atoms with E-state index in [0.29, 0.717) is 5.25 Å². The van der Waals surface area contributed by atoms with Gasteiger partial charge in [-0.2, -0.15) is 11.8 Å². The first-order chi connectivity index (χ1) is 6.77. The maximum absolute atomic E-state index is 3.95. The SMILES string of the molecule is CNCc1nnnn1CCC(C)SC. The predicted molar refractivity (Wildman–Crippen MR) is 58.2 cm³/mol. The molecule has 1 N–H and O–H groups in total. The average molecular weight is 215 g/mol. The highest BCUT2D eigenvalue weighted by molar-refractivity contribution is 7.99. The van der Waals surface area contributed by atoms with Crippen molar-refractivity contribution in [3.05, 3.63) is 5.82 Å². The van der Waals surface area contributed by atoms with E-state index in [0.717, 1.165) is 25.3 Å². The number of aryl methyl sites for hydroxylation is 1. The van der Waals surface area contributed by atoms with Crippen LogP contribution in [0.3, 0.4) is 0 Å². The standard InChI is InChI=1S/C8H17N5S/c1-7(14-3)4-5-13-8(6-9-2)10-11-12-13/h7,9H,4-6H2,1-3H3. The maximum Gasteiger partial charge on any atom is 0.165 e. The molecule has 5 nitrogen and oxygen atoms in total. The fourth-order valence-electron chi connectivity index (χ4n) is 1.10. The molecule has 1 unspecified atom stereocenters. The van der Waals surface area contributed by atoms with Crippen LogP contribution < -0.4 is 5.32 Å². The quantitative estimate of drug-likeness (QED) is 0.750. The van der Waals surface area contributed by atoms with Crippen LogP contribution >= 0.6 is 11.8 Å². The van der Waals surface area contributed by atoms with Crippen LogP contribution in [0.2, 0.25) is 0 Å². The van der Waals surface area contributed by atoms with Gasteiger partial charge in [0.25, 0.3) is 0 Å². The monoisotopic (exact) mass is 215 g/mol. The summed E-state index contributed by atoms with van der Waals surface area (Å²) < 4.78 is 1.86. The fourth-order valence-corrected chi connectivity index (χ4v) is 1.44.